The van der Waals surface area contributed by atoms with Crippen LogP contribution in [-0.2, 0) is 9.53 Å². The third-order valence-electron chi connectivity index (χ3n) is 2.10. The second-order valence-electron chi connectivity index (χ2n) is 3.13. The third kappa shape index (κ3) is 4.61. The molecule has 0 aliphatic carbocycles. The lowest BCUT2D eigenvalue weighted by atomic mass is 10.1. The number of hydrogen-bond donors (Lipinski definition) is 0. The molecule has 0 aromatic carbocycles. The summed E-state index contributed by atoms with van der Waals surface area (Å²) in [5.41, 5.74) is 0. The molecule has 1 fully saturated rings. The van der Waals surface area contributed by atoms with Gasteiger partial charge >= 0.3 is 0 Å². The Labute approximate surface area is 78.5 Å². The van der Waals surface area contributed by atoms with Crippen LogP contribution in [0, 0.1) is 0 Å². The summed E-state index contributed by atoms with van der Waals surface area (Å²) >= 11 is 0. The summed E-state index contributed by atoms with van der Waals surface area (Å²) in [4.78, 5) is 13.1. The van der Waals surface area contributed by atoms with Crippen LogP contribution < -0.4 is 0 Å². The molecule has 0 aromatic heterocycles. The third-order valence-corrected chi connectivity index (χ3v) is 2.10. The number of ether oxygens (including phenoxy) is 1. The average Bonchev–Trinajstić information content (AvgIpc) is 2.19. The van der Waals surface area contributed by atoms with Gasteiger partial charge in [0, 0.05) is 6.61 Å². The summed E-state index contributed by atoms with van der Waals surface area (Å²) in [6.45, 7) is 1.33. The van der Waals surface area contributed by atoms with Crippen LogP contribution in [0.2, 0.25) is 0 Å². The van der Waals surface area contributed by atoms with E-state index >= 15 is 0 Å². The van der Waals surface area contributed by atoms with Crippen molar-refractivity contribution in [3.63, 3.8) is 0 Å². The molecule has 0 radical (unpaired) electrons. The number of aliphatic imine (C=N–C) groups is 1. The van der Waals surface area contributed by atoms with Gasteiger partial charge in [0.05, 0.1) is 12.6 Å². The molecular weight excluding hydrogens is 166 g/mol. The first-order chi connectivity index (χ1) is 6.43. The van der Waals surface area contributed by atoms with Crippen molar-refractivity contribution in [2.24, 2.45) is 4.99 Å². The van der Waals surface area contributed by atoms with E-state index in [0.717, 1.165) is 19.4 Å². The molecule has 1 aliphatic rings. The highest BCUT2D eigenvalue weighted by Gasteiger charge is 2.11. The molecule has 0 spiro atoms. The van der Waals surface area contributed by atoms with Gasteiger partial charge in [0.15, 0.2) is 0 Å². The number of rotatable bonds is 4. The molecule has 0 amide bonds. The zero-order chi connectivity index (χ0) is 9.36. The Morgan fingerprint density at radius 1 is 1.46 bits per heavy atom. The first-order valence-electron chi connectivity index (χ1n) is 4.73. The van der Waals surface area contributed by atoms with Gasteiger partial charge in [-0.1, -0.05) is 12.2 Å². The van der Waals surface area contributed by atoms with Gasteiger partial charge in [0.25, 0.3) is 0 Å². The zero-order valence-corrected chi connectivity index (χ0v) is 7.74. The molecule has 1 aliphatic heterocycles. The maximum Gasteiger partial charge on any atom is 0.235 e. The lowest BCUT2D eigenvalue weighted by molar-refractivity contribution is 0.0184. The molecule has 1 rings (SSSR count). The van der Waals surface area contributed by atoms with Crippen LogP contribution in [0.15, 0.2) is 17.1 Å². The fourth-order valence-electron chi connectivity index (χ4n) is 1.41. The molecule has 1 atom stereocenters. The first kappa shape index (κ1) is 10.2. The van der Waals surface area contributed by atoms with E-state index in [0.29, 0.717) is 12.6 Å². The van der Waals surface area contributed by atoms with Crippen molar-refractivity contribution in [1.82, 2.24) is 0 Å². The highest BCUT2D eigenvalue weighted by molar-refractivity contribution is 5.33. The van der Waals surface area contributed by atoms with E-state index in [1.165, 1.54) is 18.9 Å². The van der Waals surface area contributed by atoms with Crippen LogP contribution >= 0.6 is 0 Å². The van der Waals surface area contributed by atoms with Crippen LogP contribution in [0.5, 0.6) is 0 Å². The van der Waals surface area contributed by atoms with Gasteiger partial charge < -0.3 is 4.74 Å². The first-order valence-corrected chi connectivity index (χ1v) is 4.73. The second-order valence-corrected chi connectivity index (χ2v) is 3.13. The molecular formula is C10H15NO2. The van der Waals surface area contributed by atoms with Crippen molar-refractivity contribution in [3.05, 3.63) is 12.2 Å². The molecule has 0 aromatic rings. The van der Waals surface area contributed by atoms with Crippen LogP contribution in [-0.4, -0.2) is 25.3 Å². The van der Waals surface area contributed by atoms with Gasteiger partial charge in [-0.15, -0.1) is 0 Å². The molecule has 1 saturated heterocycles. The maximum absolute atomic E-state index is 9.72. The standard InChI is InChI=1S/C10H15NO2/c12-9-11-7-3-1-5-10-6-2-4-8-13-10/h1,3,10H,2,4-8H2/b3-1-. The van der Waals surface area contributed by atoms with E-state index in [1.54, 1.807) is 0 Å². The minimum atomic E-state index is 0.380. The van der Waals surface area contributed by atoms with E-state index in [4.69, 9.17) is 4.74 Å². The summed E-state index contributed by atoms with van der Waals surface area (Å²) in [6.07, 6.45) is 10.3. The highest BCUT2D eigenvalue weighted by Crippen LogP contribution is 2.15. The van der Waals surface area contributed by atoms with Gasteiger partial charge in [0.2, 0.25) is 6.08 Å². The van der Waals surface area contributed by atoms with Crippen molar-refractivity contribution in [3.8, 4) is 0 Å². The predicted molar refractivity (Wildman–Crippen MR) is 50.3 cm³/mol. The predicted octanol–water partition coefficient (Wildman–Crippen LogP) is 1.84. The number of isocyanates is 1. The quantitative estimate of drug-likeness (QED) is 0.377. The van der Waals surface area contributed by atoms with Gasteiger partial charge in [-0.3, -0.25) is 0 Å². The molecule has 0 saturated carbocycles. The average molecular weight is 181 g/mol. The maximum atomic E-state index is 9.72. The summed E-state index contributed by atoms with van der Waals surface area (Å²) in [5.74, 6) is 0. The fourth-order valence-corrected chi connectivity index (χ4v) is 1.41. The Hall–Kier alpha value is -0.920. The minimum absolute atomic E-state index is 0.380. The molecule has 0 N–H and O–H groups in total. The summed E-state index contributed by atoms with van der Waals surface area (Å²) in [7, 11) is 0. The van der Waals surface area contributed by atoms with Crippen molar-refractivity contribution < 1.29 is 9.53 Å². The Kier molecular flexibility index (Phi) is 5.14. The van der Waals surface area contributed by atoms with Gasteiger partial charge in [-0.2, -0.15) is 0 Å². The van der Waals surface area contributed by atoms with Crippen LogP contribution in [0.4, 0.5) is 0 Å². The van der Waals surface area contributed by atoms with Crippen LogP contribution in [0.1, 0.15) is 25.7 Å². The van der Waals surface area contributed by atoms with Crippen molar-refractivity contribution >= 4 is 6.08 Å². The Morgan fingerprint density at radius 3 is 3.08 bits per heavy atom. The molecule has 13 heavy (non-hydrogen) atoms. The van der Waals surface area contributed by atoms with Gasteiger partial charge in [-0.05, 0) is 25.7 Å². The molecule has 72 valence electrons. The minimum Gasteiger partial charge on any atom is -0.378 e. The van der Waals surface area contributed by atoms with Crippen molar-refractivity contribution in [1.29, 1.82) is 0 Å². The van der Waals surface area contributed by atoms with E-state index in [1.807, 2.05) is 12.2 Å². The van der Waals surface area contributed by atoms with Gasteiger partial charge in [0.1, 0.15) is 0 Å². The van der Waals surface area contributed by atoms with E-state index in [9.17, 15) is 4.79 Å². The van der Waals surface area contributed by atoms with E-state index < -0.39 is 0 Å². The summed E-state index contributed by atoms with van der Waals surface area (Å²) < 4.78 is 5.53. The SMILES string of the molecule is O=C=NC/C=C\CC1CCCCO1. The molecule has 3 heteroatoms. The lowest BCUT2D eigenvalue weighted by Gasteiger charge is -2.20. The second kappa shape index (κ2) is 6.58. The van der Waals surface area contributed by atoms with Gasteiger partial charge in [-0.25, -0.2) is 9.79 Å². The topological polar surface area (TPSA) is 38.7 Å². The normalized spacial score (nSPS) is 22.9. The number of nitrogens with zero attached hydrogens (tertiary/aromatic N) is 1. The van der Waals surface area contributed by atoms with Crippen LogP contribution in [0.3, 0.4) is 0 Å². The van der Waals surface area contributed by atoms with Crippen LogP contribution in [0.25, 0.3) is 0 Å². The zero-order valence-electron chi connectivity index (χ0n) is 7.74. The summed E-state index contributed by atoms with van der Waals surface area (Å²) in [5, 5.41) is 0. The summed E-state index contributed by atoms with van der Waals surface area (Å²) in [6, 6.07) is 0. The molecule has 3 nitrogen and oxygen atoms in total. The fraction of sp³-hybridized carbons (Fsp3) is 0.700. The molecule has 1 unspecified atom stereocenters. The molecule has 0 bridgehead atoms. The number of hydrogen-bond acceptors (Lipinski definition) is 3. The Bertz CT molecular complexity index is 201. The van der Waals surface area contributed by atoms with E-state index in [-0.39, 0.29) is 0 Å². The Balaban J connectivity index is 2.09. The van der Waals surface area contributed by atoms with Crippen molar-refractivity contribution in [2.75, 3.05) is 13.2 Å². The monoisotopic (exact) mass is 181 g/mol. The smallest absolute Gasteiger partial charge is 0.235 e. The lowest BCUT2D eigenvalue weighted by Crippen LogP contribution is -2.17. The molecule has 1 heterocycles. The number of carbonyl (C=O) groups excluding carboxylic acids is 1. The Morgan fingerprint density at radius 2 is 2.38 bits per heavy atom. The van der Waals surface area contributed by atoms with Crippen molar-refractivity contribution in [2.45, 2.75) is 31.8 Å². The largest absolute Gasteiger partial charge is 0.378 e. The highest BCUT2D eigenvalue weighted by atomic mass is 16.5. The van der Waals surface area contributed by atoms with E-state index in [2.05, 4.69) is 4.99 Å².